The first-order chi connectivity index (χ1) is 5.11. The molecule has 0 aromatic carbocycles. The lowest BCUT2D eigenvalue weighted by Crippen LogP contribution is -2.28. The van der Waals surface area contributed by atoms with Gasteiger partial charge < -0.3 is 0 Å². The standard InChI is InChI=1S/C10H19F/c1-7(2)9-5-4-8(3)6-10(9)11/h7-10H,4-6H2,1-3H3/t8-,9+,10-/m1/s1. The van der Waals surface area contributed by atoms with Gasteiger partial charge in [0.25, 0.3) is 0 Å². The third-order valence-corrected chi connectivity index (χ3v) is 2.94. The largest absolute Gasteiger partial charge is 0.247 e. The van der Waals surface area contributed by atoms with Gasteiger partial charge in [0.1, 0.15) is 6.17 Å². The van der Waals surface area contributed by atoms with Crippen molar-refractivity contribution >= 4 is 0 Å². The fourth-order valence-corrected chi connectivity index (χ4v) is 2.09. The van der Waals surface area contributed by atoms with Gasteiger partial charge in [-0.1, -0.05) is 27.2 Å². The van der Waals surface area contributed by atoms with Crippen molar-refractivity contribution < 1.29 is 4.39 Å². The molecule has 11 heavy (non-hydrogen) atoms. The molecule has 0 aromatic rings. The van der Waals surface area contributed by atoms with Gasteiger partial charge in [0.05, 0.1) is 0 Å². The molecule has 1 rings (SSSR count). The zero-order valence-electron chi connectivity index (χ0n) is 7.81. The third-order valence-electron chi connectivity index (χ3n) is 2.94. The van der Waals surface area contributed by atoms with Crippen molar-refractivity contribution in [2.75, 3.05) is 0 Å². The van der Waals surface area contributed by atoms with Gasteiger partial charge in [-0.15, -0.1) is 0 Å². The zero-order chi connectivity index (χ0) is 8.43. The summed E-state index contributed by atoms with van der Waals surface area (Å²) < 4.78 is 13.3. The minimum atomic E-state index is -0.529. The molecule has 0 aliphatic heterocycles. The van der Waals surface area contributed by atoms with Gasteiger partial charge in [-0.2, -0.15) is 0 Å². The van der Waals surface area contributed by atoms with Crippen LogP contribution in [-0.4, -0.2) is 6.17 Å². The maximum absolute atomic E-state index is 13.3. The Kier molecular flexibility index (Phi) is 2.91. The van der Waals surface area contributed by atoms with E-state index in [-0.39, 0.29) is 0 Å². The Morgan fingerprint density at radius 1 is 1.27 bits per heavy atom. The summed E-state index contributed by atoms with van der Waals surface area (Å²) in [5.74, 6) is 1.48. The van der Waals surface area contributed by atoms with Gasteiger partial charge in [0.2, 0.25) is 0 Å². The topological polar surface area (TPSA) is 0 Å². The molecule has 0 nitrogen and oxygen atoms in total. The monoisotopic (exact) mass is 158 g/mol. The predicted octanol–water partition coefficient (Wildman–Crippen LogP) is 3.42. The first-order valence-electron chi connectivity index (χ1n) is 4.75. The van der Waals surface area contributed by atoms with Gasteiger partial charge in [-0.05, 0) is 30.6 Å². The molecule has 3 atom stereocenters. The van der Waals surface area contributed by atoms with Crippen molar-refractivity contribution in [2.45, 2.75) is 46.2 Å². The molecule has 1 aliphatic rings. The Balaban J connectivity index is 2.44. The van der Waals surface area contributed by atoms with Crippen LogP contribution in [0.15, 0.2) is 0 Å². The lowest BCUT2D eigenvalue weighted by atomic mass is 9.76. The smallest absolute Gasteiger partial charge is 0.103 e. The molecule has 1 fully saturated rings. The Bertz CT molecular complexity index is 120. The summed E-state index contributed by atoms with van der Waals surface area (Å²) in [6, 6.07) is 0. The Labute approximate surface area is 69.2 Å². The highest BCUT2D eigenvalue weighted by molar-refractivity contribution is 4.79. The van der Waals surface area contributed by atoms with Crippen molar-refractivity contribution in [1.29, 1.82) is 0 Å². The number of halogens is 1. The highest BCUT2D eigenvalue weighted by atomic mass is 19.1. The number of alkyl halides is 1. The first kappa shape index (κ1) is 9.02. The molecule has 0 saturated heterocycles. The van der Waals surface area contributed by atoms with Crippen molar-refractivity contribution in [1.82, 2.24) is 0 Å². The second-order valence-corrected chi connectivity index (χ2v) is 4.34. The molecule has 0 spiro atoms. The summed E-state index contributed by atoms with van der Waals surface area (Å²) in [5.41, 5.74) is 0. The average Bonchev–Trinajstić information content (AvgIpc) is 1.85. The Morgan fingerprint density at radius 3 is 2.36 bits per heavy atom. The fraction of sp³-hybridized carbons (Fsp3) is 1.00. The molecule has 0 amide bonds. The van der Waals surface area contributed by atoms with E-state index in [1.54, 1.807) is 0 Å². The van der Waals surface area contributed by atoms with E-state index in [1.807, 2.05) is 0 Å². The second-order valence-electron chi connectivity index (χ2n) is 4.34. The molecule has 0 bridgehead atoms. The minimum absolute atomic E-state index is 0.339. The summed E-state index contributed by atoms with van der Waals surface area (Å²) in [5, 5.41) is 0. The summed E-state index contributed by atoms with van der Waals surface area (Å²) in [6.07, 6.45) is 2.59. The van der Waals surface area contributed by atoms with Crippen LogP contribution < -0.4 is 0 Å². The van der Waals surface area contributed by atoms with E-state index < -0.39 is 6.17 Å². The predicted molar refractivity (Wildman–Crippen MR) is 46.2 cm³/mol. The van der Waals surface area contributed by atoms with E-state index in [0.29, 0.717) is 17.8 Å². The molecule has 66 valence electrons. The molecule has 1 aliphatic carbocycles. The molecule has 1 heteroatoms. The zero-order valence-corrected chi connectivity index (χ0v) is 7.81. The summed E-state index contributed by atoms with van der Waals surface area (Å²) in [6.45, 7) is 6.42. The van der Waals surface area contributed by atoms with E-state index >= 15 is 0 Å². The molecule has 0 unspecified atom stereocenters. The van der Waals surface area contributed by atoms with Crippen LogP contribution in [0.25, 0.3) is 0 Å². The fourth-order valence-electron chi connectivity index (χ4n) is 2.09. The SMILES string of the molecule is CC(C)[C@@H]1CC[C@@H](C)C[C@H]1F. The van der Waals surface area contributed by atoms with Crippen molar-refractivity contribution in [3.8, 4) is 0 Å². The van der Waals surface area contributed by atoms with E-state index in [1.165, 1.54) is 6.42 Å². The van der Waals surface area contributed by atoms with Crippen LogP contribution in [0.5, 0.6) is 0 Å². The third kappa shape index (κ3) is 2.18. The van der Waals surface area contributed by atoms with Gasteiger partial charge in [0.15, 0.2) is 0 Å². The van der Waals surface area contributed by atoms with Crippen molar-refractivity contribution in [3.05, 3.63) is 0 Å². The van der Waals surface area contributed by atoms with Crippen molar-refractivity contribution in [3.63, 3.8) is 0 Å². The maximum Gasteiger partial charge on any atom is 0.103 e. The minimum Gasteiger partial charge on any atom is -0.247 e. The van der Waals surface area contributed by atoms with Crippen LogP contribution in [-0.2, 0) is 0 Å². The maximum atomic E-state index is 13.3. The van der Waals surface area contributed by atoms with Crippen LogP contribution in [0.2, 0.25) is 0 Å². The quantitative estimate of drug-likeness (QED) is 0.548. The molecule has 0 radical (unpaired) electrons. The van der Waals surface area contributed by atoms with E-state index in [2.05, 4.69) is 20.8 Å². The van der Waals surface area contributed by atoms with Crippen LogP contribution in [0.4, 0.5) is 4.39 Å². The lowest BCUT2D eigenvalue weighted by Gasteiger charge is -2.32. The first-order valence-corrected chi connectivity index (χ1v) is 4.75. The summed E-state index contributed by atoms with van der Waals surface area (Å²) in [4.78, 5) is 0. The number of hydrogen-bond donors (Lipinski definition) is 0. The van der Waals surface area contributed by atoms with Crippen LogP contribution >= 0.6 is 0 Å². The molecule has 1 saturated carbocycles. The van der Waals surface area contributed by atoms with E-state index in [0.717, 1.165) is 12.8 Å². The normalized spacial score (nSPS) is 39.5. The van der Waals surface area contributed by atoms with Gasteiger partial charge in [0, 0.05) is 0 Å². The van der Waals surface area contributed by atoms with Gasteiger partial charge >= 0.3 is 0 Å². The molecular weight excluding hydrogens is 139 g/mol. The second kappa shape index (κ2) is 3.55. The van der Waals surface area contributed by atoms with Crippen LogP contribution in [0.1, 0.15) is 40.0 Å². The number of hydrogen-bond acceptors (Lipinski definition) is 0. The molecule has 0 N–H and O–H groups in total. The van der Waals surface area contributed by atoms with Crippen LogP contribution in [0, 0.1) is 17.8 Å². The van der Waals surface area contributed by atoms with Crippen molar-refractivity contribution in [2.24, 2.45) is 17.8 Å². The summed E-state index contributed by atoms with van der Waals surface area (Å²) >= 11 is 0. The van der Waals surface area contributed by atoms with Gasteiger partial charge in [-0.25, -0.2) is 4.39 Å². The van der Waals surface area contributed by atoms with Crippen LogP contribution in [0.3, 0.4) is 0 Å². The van der Waals surface area contributed by atoms with Gasteiger partial charge in [-0.3, -0.25) is 0 Å². The summed E-state index contributed by atoms with van der Waals surface area (Å²) in [7, 11) is 0. The van der Waals surface area contributed by atoms with E-state index in [4.69, 9.17) is 0 Å². The Morgan fingerprint density at radius 2 is 1.91 bits per heavy atom. The molecular formula is C10H19F. The number of rotatable bonds is 1. The highest BCUT2D eigenvalue weighted by Crippen LogP contribution is 2.35. The average molecular weight is 158 g/mol. The molecule has 0 heterocycles. The Hall–Kier alpha value is -0.0700. The lowest BCUT2D eigenvalue weighted by molar-refractivity contribution is 0.1000. The van der Waals surface area contributed by atoms with E-state index in [9.17, 15) is 4.39 Å². The molecule has 0 aromatic heterocycles. The highest BCUT2D eigenvalue weighted by Gasteiger charge is 2.30.